The molecule has 3 aromatic heterocycles. The van der Waals surface area contributed by atoms with Gasteiger partial charge < -0.3 is 9.80 Å². The molecular formula is C21H22F5N7. The van der Waals surface area contributed by atoms with Crippen LogP contribution in [0.2, 0.25) is 0 Å². The number of aromatic nitrogens is 5. The van der Waals surface area contributed by atoms with E-state index in [0.29, 0.717) is 54.5 Å². The lowest BCUT2D eigenvalue weighted by Gasteiger charge is -2.26. The molecule has 2 fully saturated rings. The Hall–Kier alpha value is -3.05. The number of fused-ring (bicyclic) bond motifs is 1. The molecule has 0 saturated carbocycles. The predicted molar refractivity (Wildman–Crippen MR) is 111 cm³/mol. The predicted octanol–water partition coefficient (Wildman–Crippen LogP) is 3.92. The molecule has 1 spiro atoms. The Bertz CT molecular complexity index is 1180. The highest BCUT2D eigenvalue weighted by molar-refractivity contribution is 5.74. The van der Waals surface area contributed by atoms with Crippen molar-refractivity contribution in [1.82, 2.24) is 24.7 Å². The van der Waals surface area contributed by atoms with Crippen LogP contribution in [0.1, 0.15) is 24.2 Å². The van der Waals surface area contributed by atoms with Gasteiger partial charge in [0, 0.05) is 43.5 Å². The van der Waals surface area contributed by atoms with Gasteiger partial charge in [-0.1, -0.05) is 0 Å². The monoisotopic (exact) mass is 467 g/mol. The van der Waals surface area contributed by atoms with Crippen molar-refractivity contribution in [3.63, 3.8) is 0 Å². The zero-order valence-electron chi connectivity index (χ0n) is 17.9. The fraction of sp³-hybridized carbons (Fsp3) is 0.524. The van der Waals surface area contributed by atoms with Crippen LogP contribution in [0.4, 0.5) is 33.5 Å². The smallest absolute Gasteiger partial charge is 0.371 e. The number of hydrogen-bond acceptors (Lipinski definition) is 6. The van der Waals surface area contributed by atoms with E-state index in [0.717, 1.165) is 18.9 Å². The van der Waals surface area contributed by atoms with E-state index in [-0.39, 0.29) is 5.41 Å². The Morgan fingerprint density at radius 3 is 2.55 bits per heavy atom. The number of hydrogen-bond donors (Lipinski definition) is 0. The molecule has 0 aromatic carbocycles. The van der Waals surface area contributed by atoms with Gasteiger partial charge in [-0.05, 0) is 31.9 Å². The van der Waals surface area contributed by atoms with Crippen molar-refractivity contribution >= 4 is 22.7 Å². The van der Waals surface area contributed by atoms with Crippen LogP contribution in [0.15, 0.2) is 24.5 Å². The van der Waals surface area contributed by atoms with Crippen LogP contribution < -0.4 is 9.80 Å². The first-order valence-electron chi connectivity index (χ1n) is 10.7. The number of alkyl halides is 5. The first kappa shape index (κ1) is 21.8. The van der Waals surface area contributed by atoms with Crippen LogP contribution in [0.3, 0.4) is 0 Å². The lowest BCUT2D eigenvalue weighted by molar-refractivity contribution is -0.141. The van der Waals surface area contributed by atoms with Crippen molar-refractivity contribution in [1.29, 1.82) is 0 Å². The highest BCUT2D eigenvalue weighted by atomic mass is 19.4. The second-order valence-electron chi connectivity index (χ2n) is 8.80. The van der Waals surface area contributed by atoms with Gasteiger partial charge in [0.15, 0.2) is 5.65 Å². The summed E-state index contributed by atoms with van der Waals surface area (Å²) in [6, 6.07) is 2.70. The minimum absolute atomic E-state index is 0.0859. The van der Waals surface area contributed by atoms with Crippen LogP contribution in [0.25, 0.3) is 11.2 Å². The van der Waals surface area contributed by atoms with E-state index in [1.165, 1.54) is 10.9 Å². The van der Waals surface area contributed by atoms with Gasteiger partial charge in [0.25, 0.3) is 6.43 Å². The summed E-state index contributed by atoms with van der Waals surface area (Å²) in [5.41, 5.74) is 0.907. The molecule has 0 aliphatic carbocycles. The Morgan fingerprint density at radius 1 is 1.09 bits per heavy atom. The second-order valence-corrected chi connectivity index (χ2v) is 8.80. The molecule has 12 heteroatoms. The molecule has 176 valence electrons. The molecule has 2 saturated heterocycles. The zero-order chi connectivity index (χ0) is 23.4. The molecule has 0 N–H and O–H groups in total. The van der Waals surface area contributed by atoms with Crippen LogP contribution in [-0.4, -0.2) is 57.3 Å². The van der Waals surface area contributed by atoms with Gasteiger partial charge in [0.05, 0.1) is 11.9 Å². The topological polar surface area (TPSA) is 63.0 Å². The third-order valence-corrected chi connectivity index (χ3v) is 6.51. The van der Waals surface area contributed by atoms with E-state index >= 15 is 0 Å². The summed E-state index contributed by atoms with van der Waals surface area (Å²) in [6.07, 6.45) is -2.51. The average molecular weight is 467 g/mol. The number of nitrogens with zero attached hydrogens (tertiary/aromatic N) is 7. The van der Waals surface area contributed by atoms with E-state index in [2.05, 4.69) is 25.0 Å². The second kappa shape index (κ2) is 7.77. The molecule has 5 heterocycles. The van der Waals surface area contributed by atoms with Crippen molar-refractivity contribution in [3.05, 3.63) is 35.9 Å². The SMILES string of the molecule is Cc1nn(CC(F)F)c2nc(N3CCC4(CCN(c5ccnc(C(F)(F)F)c5)C4)C3)cnc12. The van der Waals surface area contributed by atoms with E-state index in [9.17, 15) is 22.0 Å². The highest BCUT2D eigenvalue weighted by Crippen LogP contribution is 2.42. The van der Waals surface area contributed by atoms with Crippen LogP contribution in [0.5, 0.6) is 0 Å². The van der Waals surface area contributed by atoms with Crippen LogP contribution >= 0.6 is 0 Å². The van der Waals surface area contributed by atoms with E-state index in [1.54, 1.807) is 19.2 Å². The molecule has 1 unspecified atom stereocenters. The quantitative estimate of drug-likeness (QED) is 0.542. The molecule has 0 bridgehead atoms. The standard InChI is InChI=1S/C21H22F5N7/c1-13-18-19(33(30-13)10-16(22)23)29-17(9-28-18)32-7-4-20(12-32)3-6-31(11-20)14-2-5-27-15(8-14)21(24,25)26/h2,5,8-9,16H,3-4,6-7,10-12H2,1H3. The van der Waals surface area contributed by atoms with E-state index in [1.807, 2.05) is 4.90 Å². The summed E-state index contributed by atoms with van der Waals surface area (Å²) in [5, 5.41) is 4.14. The lowest BCUT2D eigenvalue weighted by atomic mass is 9.86. The van der Waals surface area contributed by atoms with Gasteiger partial charge in [-0.3, -0.25) is 4.98 Å². The van der Waals surface area contributed by atoms with Gasteiger partial charge >= 0.3 is 6.18 Å². The Morgan fingerprint density at radius 2 is 1.82 bits per heavy atom. The summed E-state index contributed by atoms with van der Waals surface area (Å²) in [6.45, 7) is 3.82. The molecule has 2 aliphatic rings. The number of aryl methyl sites for hydroxylation is 1. The van der Waals surface area contributed by atoms with E-state index in [4.69, 9.17) is 0 Å². The minimum Gasteiger partial charge on any atom is -0.371 e. The maximum atomic E-state index is 13.1. The summed E-state index contributed by atoms with van der Waals surface area (Å²) in [7, 11) is 0. The van der Waals surface area contributed by atoms with Crippen molar-refractivity contribution in [2.75, 3.05) is 36.0 Å². The maximum absolute atomic E-state index is 13.1. The highest BCUT2D eigenvalue weighted by Gasteiger charge is 2.44. The first-order chi connectivity index (χ1) is 15.6. The van der Waals surface area contributed by atoms with Gasteiger partial charge in [-0.25, -0.2) is 23.4 Å². The Kier molecular flexibility index (Phi) is 5.13. The van der Waals surface area contributed by atoms with Gasteiger partial charge in [0.2, 0.25) is 0 Å². The molecule has 0 radical (unpaired) electrons. The molecule has 7 nitrogen and oxygen atoms in total. The summed E-state index contributed by atoms with van der Waals surface area (Å²) < 4.78 is 66.2. The van der Waals surface area contributed by atoms with Crippen LogP contribution in [0, 0.1) is 12.3 Å². The fourth-order valence-electron chi connectivity index (χ4n) is 4.88. The first-order valence-corrected chi connectivity index (χ1v) is 10.7. The lowest BCUT2D eigenvalue weighted by Crippen LogP contribution is -2.31. The molecule has 5 rings (SSSR count). The Balaban J connectivity index is 1.34. The van der Waals surface area contributed by atoms with Gasteiger partial charge in [-0.15, -0.1) is 0 Å². The fourth-order valence-corrected chi connectivity index (χ4v) is 4.88. The third kappa shape index (κ3) is 4.06. The molecule has 0 amide bonds. The molecule has 33 heavy (non-hydrogen) atoms. The average Bonchev–Trinajstić information content (AvgIpc) is 3.46. The summed E-state index contributed by atoms with van der Waals surface area (Å²) in [5.74, 6) is 0.594. The summed E-state index contributed by atoms with van der Waals surface area (Å²) in [4.78, 5) is 16.5. The van der Waals surface area contributed by atoms with Crippen molar-refractivity contribution in [2.24, 2.45) is 5.41 Å². The third-order valence-electron chi connectivity index (χ3n) is 6.51. The normalized spacial score (nSPS) is 21.3. The van der Waals surface area contributed by atoms with Crippen molar-refractivity contribution in [3.8, 4) is 0 Å². The molecule has 1 atom stereocenters. The zero-order valence-corrected chi connectivity index (χ0v) is 17.9. The largest absolute Gasteiger partial charge is 0.433 e. The molecular weight excluding hydrogens is 445 g/mol. The number of rotatable bonds is 4. The van der Waals surface area contributed by atoms with Crippen molar-refractivity contribution < 1.29 is 22.0 Å². The minimum atomic E-state index is -4.48. The maximum Gasteiger partial charge on any atom is 0.433 e. The molecule has 2 aliphatic heterocycles. The number of halogens is 5. The molecule has 3 aromatic rings. The van der Waals surface area contributed by atoms with Crippen LogP contribution in [-0.2, 0) is 12.7 Å². The summed E-state index contributed by atoms with van der Waals surface area (Å²) >= 11 is 0. The number of pyridine rings is 1. The van der Waals surface area contributed by atoms with Gasteiger partial charge in [-0.2, -0.15) is 18.3 Å². The van der Waals surface area contributed by atoms with Crippen molar-refractivity contribution in [2.45, 2.75) is 38.9 Å². The number of anilines is 2. The van der Waals surface area contributed by atoms with Gasteiger partial charge in [0.1, 0.15) is 23.6 Å². The van der Waals surface area contributed by atoms with E-state index < -0.39 is 24.8 Å². The Labute approximate surface area is 186 Å².